The Balaban J connectivity index is 1.05. The van der Waals surface area contributed by atoms with Crippen LogP contribution in [0.5, 0.6) is 11.5 Å². The van der Waals surface area contributed by atoms with E-state index in [1.165, 1.54) is 22.9 Å². The van der Waals surface area contributed by atoms with Gasteiger partial charge in [-0.25, -0.2) is 4.98 Å². The van der Waals surface area contributed by atoms with E-state index in [9.17, 15) is 23.5 Å². The maximum Gasteiger partial charge on any atom is 0.387 e. The third kappa shape index (κ3) is 5.29. The summed E-state index contributed by atoms with van der Waals surface area (Å²) in [5.41, 5.74) is 0.693. The van der Waals surface area contributed by atoms with Crippen LogP contribution in [0.3, 0.4) is 0 Å². The molecular formula is C26H28F2N6O6. The molecular weight excluding hydrogens is 530 g/mol. The van der Waals surface area contributed by atoms with Crippen molar-refractivity contribution in [2.24, 2.45) is 0 Å². The van der Waals surface area contributed by atoms with Crippen molar-refractivity contribution in [2.45, 2.75) is 63.4 Å². The predicted octanol–water partition coefficient (Wildman–Crippen LogP) is 1.81. The number of amides is 1. The molecule has 0 aromatic carbocycles. The Morgan fingerprint density at radius 1 is 1.23 bits per heavy atom. The van der Waals surface area contributed by atoms with E-state index in [2.05, 4.69) is 25.3 Å². The highest BCUT2D eigenvalue weighted by molar-refractivity contribution is 5.94. The highest BCUT2D eigenvalue weighted by Crippen LogP contribution is 2.38. The van der Waals surface area contributed by atoms with Gasteiger partial charge in [0.05, 0.1) is 29.4 Å². The molecule has 12 nitrogen and oxygen atoms in total. The maximum absolute atomic E-state index is 12.6. The Morgan fingerprint density at radius 2 is 2.10 bits per heavy atom. The molecule has 5 heterocycles. The number of aliphatic hydroxyl groups excluding tert-OH is 1. The highest BCUT2D eigenvalue weighted by atomic mass is 19.3. The summed E-state index contributed by atoms with van der Waals surface area (Å²) in [6, 6.07) is 7.89. The van der Waals surface area contributed by atoms with Gasteiger partial charge in [0.15, 0.2) is 18.2 Å². The molecule has 0 radical (unpaired) electrons. The molecule has 14 heteroatoms. The molecule has 1 amide bonds. The number of rotatable bonds is 8. The van der Waals surface area contributed by atoms with Crippen molar-refractivity contribution in [3.8, 4) is 11.5 Å². The third-order valence-electron chi connectivity index (χ3n) is 7.40. The van der Waals surface area contributed by atoms with E-state index in [0.717, 1.165) is 12.8 Å². The summed E-state index contributed by atoms with van der Waals surface area (Å²) in [5.74, 6) is 0.901. The summed E-state index contributed by atoms with van der Waals surface area (Å²) >= 11 is 0. The van der Waals surface area contributed by atoms with E-state index < -0.39 is 13.0 Å². The number of nitrogens with zero attached hydrogens (tertiary/aromatic N) is 4. The zero-order chi connectivity index (χ0) is 27.8. The number of aliphatic hydroxyl groups is 1. The fourth-order valence-electron chi connectivity index (χ4n) is 5.62. The van der Waals surface area contributed by atoms with E-state index in [0.29, 0.717) is 54.3 Å². The normalized spacial score (nSPS) is 24.0. The first-order valence-electron chi connectivity index (χ1n) is 13.1. The molecule has 1 unspecified atom stereocenters. The number of carbonyl (C=O) groups excluding carboxylic acids is 1. The van der Waals surface area contributed by atoms with Gasteiger partial charge >= 0.3 is 6.61 Å². The summed E-state index contributed by atoms with van der Waals surface area (Å²) < 4.78 is 42.5. The number of halogens is 2. The lowest BCUT2D eigenvalue weighted by atomic mass is 9.88. The minimum Gasteiger partial charge on any atom is -0.480 e. The van der Waals surface area contributed by atoms with Crippen molar-refractivity contribution in [2.75, 3.05) is 23.4 Å². The summed E-state index contributed by atoms with van der Waals surface area (Å²) in [6.07, 6.45) is 2.71. The second-order valence-electron chi connectivity index (χ2n) is 9.92. The molecule has 2 fully saturated rings. The van der Waals surface area contributed by atoms with Gasteiger partial charge in [-0.3, -0.25) is 14.6 Å². The van der Waals surface area contributed by atoms with Crippen LogP contribution in [-0.4, -0.2) is 69.9 Å². The van der Waals surface area contributed by atoms with Gasteiger partial charge in [0.2, 0.25) is 6.41 Å². The second-order valence-corrected chi connectivity index (χ2v) is 9.92. The Labute approximate surface area is 226 Å². The molecule has 1 saturated carbocycles. The van der Waals surface area contributed by atoms with Crippen LogP contribution in [0.4, 0.5) is 20.4 Å². The first kappa shape index (κ1) is 26.3. The van der Waals surface area contributed by atoms with Gasteiger partial charge in [0.1, 0.15) is 11.6 Å². The second kappa shape index (κ2) is 10.9. The Bertz CT molecular complexity index is 1470. The number of alkyl halides is 2. The van der Waals surface area contributed by atoms with E-state index in [1.54, 1.807) is 23.1 Å². The zero-order valence-corrected chi connectivity index (χ0v) is 21.3. The van der Waals surface area contributed by atoms with Gasteiger partial charge < -0.3 is 39.4 Å². The monoisotopic (exact) mass is 558 g/mol. The third-order valence-corrected chi connectivity index (χ3v) is 7.40. The van der Waals surface area contributed by atoms with Crippen LogP contribution < -0.4 is 30.6 Å². The molecule has 3 aromatic heterocycles. The molecule has 2 aliphatic heterocycles. The number of carbonyl (C=O) groups is 1. The molecule has 3 N–H and O–H groups in total. The van der Waals surface area contributed by atoms with Crippen molar-refractivity contribution < 1.29 is 32.9 Å². The fourth-order valence-corrected chi connectivity index (χ4v) is 5.62. The minimum atomic E-state index is -2.98. The van der Waals surface area contributed by atoms with Gasteiger partial charge in [0, 0.05) is 24.7 Å². The fraction of sp³-hybridized carbons (Fsp3) is 0.462. The summed E-state index contributed by atoms with van der Waals surface area (Å²) in [5, 5.41) is 16.9. The molecule has 212 valence electrons. The predicted molar refractivity (Wildman–Crippen MR) is 138 cm³/mol. The molecule has 0 bridgehead atoms. The SMILES string of the molecule is O=C1COc2ccc(N3C(O)O[C@H]4C[C@@H](NCCCn5c(=O)ccc6ncc(OC(F)F)cc65)CC[C@@H]43)nc2N1. The molecule has 0 spiro atoms. The number of aromatic nitrogens is 3. The standard InChI is InChI=1S/C26H28F2N6O6/c27-25(28)39-15-11-18-16(30-12-15)3-7-23(36)33(18)9-1-8-29-14-2-4-17-20(10-14)40-26(37)34(17)21-6-5-19-24(31-21)32-22(35)13-38-19/h3,5-7,11-12,14,17,20,25-26,29,37H,1-2,4,8-10,13H2,(H,31,32,35)/t14-,17-,20-,26?/m0/s1. The van der Waals surface area contributed by atoms with Crippen molar-refractivity contribution in [1.82, 2.24) is 19.9 Å². The minimum absolute atomic E-state index is 0.0599. The Morgan fingerprint density at radius 3 is 2.95 bits per heavy atom. The maximum atomic E-state index is 12.6. The number of ether oxygens (including phenoxy) is 3. The van der Waals surface area contributed by atoms with E-state index in [-0.39, 0.29) is 42.0 Å². The average Bonchev–Trinajstić information content (AvgIpc) is 3.26. The van der Waals surface area contributed by atoms with Gasteiger partial charge in [-0.2, -0.15) is 8.78 Å². The van der Waals surface area contributed by atoms with Gasteiger partial charge in [-0.15, -0.1) is 0 Å². The van der Waals surface area contributed by atoms with Crippen molar-refractivity contribution in [1.29, 1.82) is 0 Å². The van der Waals surface area contributed by atoms with Crippen LogP contribution in [-0.2, 0) is 16.1 Å². The van der Waals surface area contributed by atoms with Gasteiger partial charge in [0.25, 0.3) is 11.5 Å². The van der Waals surface area contributed by atoms with Crippen LogP contribution in [0.15, 0.2) is 41.3 Å². The number of fused-ring (bicyclic) bond motifs is 3. The molecule has 40 heavy (non-hydrogen) atoms. The van der Waals surface area contributed by atoms with Gasteiger partial charge in [-0.1, -0.05) is 0 Å². The lowest BCUT2D eigenvalue weighted by Gasteiger charge is -2.35. The molecule has 4 atom stereocenters. The number of anilines is 2. The number of aryl methyl sites for hydroxylation is 1. The highest BCUT2D eigenvalue weighted by Gasteiger charge is 2.45. The number of pyridine rings is 3. The van der Waals surface area contributed by atoms with Crippen LogP contribution in [0.1, 0.15) is 25.7 Å². The molecule has 1 saturated heterocycles. The molecule has 1 aliphatic carbocycles. The Hall–Kier alpha value is -3.88. The van der Waals surface area contributed by atoms with Crippen LogP contribution >= 0.6 is 0 Å². The van der Waals surface area contributed by atoms with Crippen LogP contribution in [0.25, 0.3) is 11.0 Å². The summed E-state index contributed by atoms with van der Waals surface area (Å²) in [4.78, 5) is 34.5. The topological polar surface area (TPSA) is 140 Å². The quantitative estimate of drug-likeness (QED) is 0.351. The first-order valence-corrected chi connectivity index (χ1v) is 13.1. The number of hydrogen-bond acceptors (Lipinski definition) is 10. The Kier molecular flexibility index (Phi) is 7.21. The molecule has 3 aliphatic rings. The van der Waals surface area contributed by atoms with E-state index in [4.69, 9.17) is 9.47 Å². The lowest BCUT2D eigenvalue weighted by molar-refractivity contribution is -0.118. The van der Waals surface area contributed by atoms with Crippen molar-refractivity contribution in [3.05, 3.63) is 46.9 Å². The van der Waals surface area contributed by atoms with Crippen molar-refractivity contribution in [3.63, 3.8) is 0 Å². The molecule has 3 aromatic rings. The number of hydrogen-bond donors (Lipinski definition) is 3. The van der Waals surface area contributed by atoms with Crippen molar-refractivity contribution >= 4 is 28.6 Å². The largest absolute Gasteiger partial charge is 0.480 e. The zero-order valence-electron chi connectivity index (χ0n) is 21.3. The van der Waals surface area contributed by atoms with E-state index in [1.807, 2.05) is 0 Å². The lowest BCUT2D eigenvalue weighted by Crippen LogP contribution is -2.46. The van der Waals surface area contributed by atoms with Gasteiger partial charge in [-0.05, 0) is 50.4 Å². The summed E-state index contributed by atoms with van der Waals surface area (Å²) in [7, 11) is 0. The number of nitrogens with one attached hydrogen (secondary N) is 2. The average molecular weight is 559 g/mol. The smallest absolute Gasteiger partial charge is 0.387 e. The van der Waals surface area contributed by atoms with E-state index >= 15 is 0 Å². The van der Waals surface area contributed by atoms with Crippen LogP contribution in [0, 0.1) is 0 Å². The van der Waals surface area contributed by atoms with Crippen LogP contribution in [0.2, 0.25) is 0 Å². The first-order chi connectivity index (χ1) is 19.4. The summed E-state index contributed by atoms with van der Waals surface area (Å²) in [6.45, 7) is -2.06. The molecule has 6 rings (SSSR count).